The van der Waals surface area contributed by atoms with Gasteiger partial charge in [-0.05, 0) is 36.8 Å². The zero-order valence-electron chi connectivity index (χ0n) is 16.4. The first-order valence-corrected chi connectivity index (χ1v) is 10.4. The predicted molar refractivity (Wildman–Crippen MR) is 116 cm³/mol. The molecule has 0 saturated heterocycles. The van der Waals surface area contributed by atoms with Gasteiger partial charge in [-0.15, -0.1) is 16.8 Å². The topological polar surface area (TPSA) is 69.0 Å². The van der Waals surface area contributed by atoms with Gasteiger partial charge in [-0.25, -0.2) is 0 Å². The van der Waals surface area contributed by atoms with Crippen molar-refractivity contribution in [3.8, 4) is 5.75 Å². The third kappa shape index (κ3) is 5.96. The molecule has 0 unspecified atom stereocenters. The predicted octanol–water partition coefficient (Wildman–Crippen LogP) is 4.18. The monoisotopic (exact) mass is 408 g/mol. The van der Waals surface area contributed by atoms with Crippen LogP contribution in [0.15, 0.2) is 72.4 Å². The molecular formula is C22H24N4O2S. The summed E-state index contributed by atoms with van der Waals surface area (Å²) >= 11 is 1.36. The summed E-state index contributed by atoms with van der Waals surface area (Å²) in [7, 11) is 0. The molecule has 2 aromatic carbocycles. The fraction of sp³-hybridized carbons (Fsp3) is 0.227. The first-order valence-electron chi connectivity index (χ1n) is 9.42. The molecule has 0 atom stereocenters. The van der Waals surface area contributed by atoms with Gasteiger partial charge in [0.2, 0.25) is 5.91 Å². The maximum Gasteiger partial charge on any atom is 0.234 e. The van der Waals surface area contributed by atoms with Crippen molar-refractivity contribution in [2.45, 2.75) is 25.0 Å². The van der Waals surface area contributed by atoms with Gasteiger partial charge in [0, 0.05) is 18.7 Å². The van der Waals surface area contributed by atoms with Crippen LogP contribution in [-0.2, 0) is 17.8 Å². The van der Waals surface area contributed by atoms with Gasteiger partial charge in [0.15, 0.2) is 5.16 Å². The molecule has 0 aliphatic rings. The molecule has 7 heteroatoms. The lowest BCUT2D eigenvalue weighted by Gasteiger charge is -2.09. The van der Waals surface area contributed by atoms with Gasteiger partial charge in [-0.1, -0.05) is 48.2 Å². The van der Waals surface area contributed by atoms with Crippen LogP contribution >= 0.6 is 11.8 Å². The number of benzene rings is 2. The van der Waals surface area contributed by atoms with Crippen LogP contribution < -0.4 is 10.1 Å². The minimum Gasteiger partial charge on any atom is -0.494 e. The highest BCUT2D eigenvalue weighted by atomic mass is 32.2. The Bertz CT molecular complexity index is 939. The molecule has 1 amide bonds. The zero-order valence-corrected chi connectivity index (χ0v) is 17.2. The van der Waals surface area contributed by atoms with E-state index in [1.54, 1.807) is 0 Å². The molecule has 0 saturated carbocycles. The average molecular weight is 409 g/mol. The second kappa shape index (κ2) is 10.5. The van der Waals surface area contributed by atoms with E-state index in [2.05, 4.69) is 34.2 Å². The number of thioether (sulfide) groups is 1. The minimum absolute atomic E-state index is 0.100. The largest absolute Gasteiger partial charge is 0.494 e. The van der Waals surface area contributed by atoms with Crippen LogP contribution in [0, 0.1) is 0 Å². The van der Waals surface area contributed by atoms with E-state index in [4.69, 9.17) is 4.74 Å². The van der Waals surface area contributed by atoms with E-state index in [1.165, 1.54) is 11.8 Å². The first-order chi connectivity index (χ1) is 14.2. The molecule has 3 aromatic rings. The minimum atomic E-state index is -0.100. The normalized spacial score (nSPS) is 10.5. The number of hydrogen-bond donors (Lipinski definition) is 1. The molecule has 0 radical (unpaired) electrons. The number of carbonyl (C=O) groups is 1. The average Bonchev–Trinajstić information content (AvgIpc) is 3.10. The Hall–Kier alpha value is -3.06. The highest BCUT2D eigenvalue weighted by Crippen LogP contribution is 2.20. The van der Waals surface area contributed by atoms with Crippen molar-refractivity contribution in [3.05, 3.63) is 78.6 Å². The Labute approximate surface area is 175 Å². The fourth-order valence-corrected chi connectivity index (χ4v) is 3.54. The highest BCUT2D eigenvalue weighted by molar-refractivity contribution is 7.99. The van der Waals surface area contributed by atoms with Crippen LogP contribution in [0.2, 0.25) is 0 Å². The summed E-state index contributed by atoms with van der Waals surface area (Å²) in [5.74, 6) is 1.78. The second-order valence-electron chi connectivity index (χ2n) is 6.25. The molecule has 1 heterocycles. The summed E-state index contributed by atoms with van der Waals surface area (Å²) in [5, 5.41) is 12.2. The van der Waals surface area contributed by atoms with Gasteiger partial charge in [-0.2, -0.15) is 0 Å². The molecular weight excluding hydrogens is 384 g/mol. The van der Waals surface area contributed by atoms with Gasteiger partial charge in [0.25, 0.3) is 0 Å². The summed E-state index contributed by atoms with van der Waals surface area (Å²) in [6.07, 6.45) is 2.49. The molecule has 150 valence electrons. The van der Waals surface area contributed by atoms with Crippen molar-refractivity contribution in [2.75, 3.05) is 17.7 Å². The molecule has 6 nitrogen and oxygen atoms in total. The maximum absolute atomic E-state index is 12.3. The molecule has 0 fully saturated rings. The van der Waals surface area contributed by atoms with E-state index in [-0.39, 0.29) is 11.7 Å². The van der Waals surface area contributed by atoms with Gasteiger partial charge in [0.1, 0.15) is 11.6 Å². The summed E-state index contributed by atoms with van der Waals surface area (Å²) < 4.78 is 7.40. The van der Waals surface area contributed by atoms with E-state index in [1.807, 2.05) is 60.0 Å². The van der Waals surface area contributed by atoms with Crippen molar-refractivity contribution in [1.82, 2.24) is 14.8 Å². The molecule has 29 heavy (non-hydrogen) atoms. The SMILES string of the molecule is C=CCn1c(Cc2ccccc2)nnc1SCC(=O)Nc1ccc(OCC)cc1. The summed E-state index contributed by atoms with van der Waals surface area (Å²) in [6, 6.07) is 17.4. The second-order valence-corrected chi connectivity index (χ2v) is 7.20. The lowest BCUT2D eigenvalue weighted by Crippen LogP contribution is -2.14. The summed E-state index contributed by atoms with van der Waals surface area (Å²) in [5.41, 5.74) is 1.89. The molecule has 0 aliphatic heterocycles. The lowest BCUT2D eigenvalue weighted by molar-refractivity contribution is -0.113. The Kier molecular flexibility index (Phi) is 7.47. The van der Waals surface area contributed by atoms with E-state index in [0.29, 0.717) is 24.7 Å². The van der Waals surface area contributed by atoms with E-state index < -0.39 is 0 Å². The number of ether oxygens (including phenoxy) is 1. The number of hydrogen-bond acceptors (Lipinski definition) is 5. The summed E-state index contributed by atoms with van der Waals surface area (Å²) in [6.45, 7) is 6.96. The van der Waals surface area contributed by atoms with Crippen molar-refractivity contribution in [1.29, 1.82) is 0 Å². The quantitative estimate of drug-likeness (QED) is 0.402. The number of allylic oxidation sites excluding steroid dienone is 1. The lowest BCUT2D eigenvalue weighted by atomic mass is 10.1. The van der Waals surface area contributed by atoms with E-state index in [0.717, 1.165) is 22.8 Å². The zero-order chi connectivity index (χ0) is 20.5. The molecule has 1 aromatic heterocycles. The van der Waals surface area contributed by atoms with Gasteiger partial charge in [-0.3, -0.25) is 4.79 Å². The number of nitrogens with zero attached hydrogens (tertiary/aromatic N) is 3. The van der Waals surface area contributed by atoms with Crippen LogP contribution in [0.1, 0.15) is 18.3 Å². The number of rotatable bonds is 10. The Balaban J connectivity index is 1.60. The van der Waals surface area contributed by atoms with Crippen molar-refractivity contribution in [3.63, 3.8) is 0 Å². The third-order valence-electron chi connectivity index (χ3n) is 4.09. The number of nitrogens with one attached hydrogen (secondary N) is 1. The van der Waals surface area contributed by atoms with Crippen molar-refractivity contribution in [2.24, 2.45) is 0 Å². The molecule has 0 aliphatic carbocycles. The van der Waals surface area contributed by atoms with Crippen LogP contribution in [0.25, 0.3) is 0 Å². The number of aromatic nitrogens is 3. The van der Waals surface area contributed by atoms with Crippen molar-refractivity contribution >= 4 is 23.4 Å². The highest BCUT2D eigenvalue weighted by Gasteiger charge is 2.14. The van der Waals surface area contributed by atoms with Crippen LogP contribution in [0.4, 0.5) is 5.69 Å². The van der Waals surface area contributed by atoms with Crippen molar-refractivity contribution < 1.29 is 9.53 Å². The van der Waals surface area contributed by atoms with Gasteiger partial charge in [0.05, 0.1) is 12.4 Å². The Morgan fingerprint density at radius 1 is 1.17 bits per heavy atom. The third-order valence-corrected chi connectivity index (χ3v) is 5.06. The Morgan fingerprint density at radius 2 is 1.93 bits per heavy atom. The van der Waals surface area contributed by atoms with Gasteiger partial charge >= 0.3 is 0 Å². The van der Waals surface area contributed by atoms with Gasteiger partial charge < -0.3 is 14.6 Å². The Morgan fingerprint density at radius 3 is 2.62 bits per heavy atom. The molecule has 0 bridgehead atoms. The standard InChI is InChI=1S/C22H24N4O2S/c1-3-14-26-20(15-17-8-6-5-7-9-17)24-25-22(26)29-16-21(27)23-18-10-12-19(13-11-18)28-4-2/h3,5-13H,1,4,14-16H2,2H3,(H,23,27). The fourth-order valence-electron chi connectivity index (χ4n) is 2.78. The van der Waals surface area contributed by atoms with E-state index in [9.17, 15) is 4.79 Å². The number of amides is 1. The molecule has 1 N–H and O–H groups in total. The van der Waals surface area contributed by atoms with Crippen LogP contribution in [0.3, 0.4) is 0 Å². The van der Waals surface area contributed by atoms with E-state index >= 15 is 0 Å². The maximum atomic E-state index is 12.3. The molecule has 0 spiro atoms. The molecule has 3 rings (SSSR count). The summed E-state index contributed by atoms with van der Waals surface area (Å²) in [4.78, 5) is 12.3. The number of carbonyl (C=O) groups excluding carboxylic acids is 1. The van der Waals surface area contributed by atoms with Crippen LogP contribution in [-0.4, -0.2) is 33.0 Å². The van der Waals surface area contributed by atoms with Crippen LogP contribution in [0.5, 0.6) is 5.75 Å². The number of anilines is 1. The first kappa shape index (κ1) is 20.7. The smallest absolute Gasteiger partial charge is 0.234 e.